The van der Waals surface area contributed by atoms with Gasteiger partial charge in [0.05, 0.1) is 20.8 Å². The highest BCUT2D eigenvalue weighted by Gasteiger charge is 2.16. The molecule has 4 nitrogen and oxygen atoms in total. The van der Waals surface area contributed by atoms with Crippen molar-refractivity contribution in [1.82, 2.24) is 5.32 Å². The lowest BCUT2D eigenvalue weighted by Crippen LogP contribution is -2.23. The predicted molar refractivity (Wildman–Crippen MR) is 75.1 cm³/mol. The van der Waals surface area contributed by atoms with Crippen molar-refractivity contribution in [2.45, 2.75) is 25.3 Å². The molecule has 0 amide bonds. The summed E-state index contributed by atoms with van der Waals surface area (Å²) >= 11 is 0. The molecule has 0 aliphatic carbocycles. The lowest BCUT2D eigenvalue weighted by atomic mass is 10.1. The van der Waals surface area contributed by atoms with Gasteiger partial charge in [-0.3, -0.25) is 0 Å². The van der Waals surface area contributed by atoms with Crippen molar-refractivity contribution in [2.24, 2.45) is 0 Å². The molecule has 1 atom stereocenters. The molecule has 1 aromatic rings. The molecular formula is C15H22NO3. The molecule has 0 saturated carbocycles. The predicted octanol–water partition coefficient (Wildman–Crippen LogP) is 2.41. The zero-order valence-electron chi connectivity index (χ0n) is 11.7. The van der Waals surface area contributed by atoms with Gasteiger partial charge in [-0.05, 0) is 50.4 Å². The van der Waals surface area contributed by atoms with E-state index in [1.165, 1.54) is 12.8 Å². The maximum atomic E-state index is 5.83. The second-order valence-electron chi connectivity index (χ2n) is 4.76. The lowest BCUT2D eigenvalue weighted by Gasteiger charge is -2.16. The number of benzene rings is 1. The summed E-state index contributed by atoms with van der Waals surface area (Å²) in [5.74, 6) is 1.99. The van der Waals surface area contributed by atoms with Crippen LogP contribution in [0.15, 0.2) is 12.1 Å². The van der Waals surface area contributed by atoms with Gasteiger partial charge in [0, 0.05) is 6.04 Å². The van der Waals surface area contributed by atoms with Crippen LogP contribution < -0.4 is 19.5 Å². The third-order valence-corrected chi connectivity index (χ3v) is 3.39. The molecule has 2 rings (SSSR count). The Morgan fingerprint density at radius 3 is 2.68 bits per heavy atom. The molecule has 1 aliphatic heterocycles. The van der Waals surface area contributed by atoms with E-state index in [-0.39, 0.29) is 0 Å². The quantitative estimate of drug-likeness (QED) is 0.856. The fourth-order valence-corrected chi connectivity index (χ4v) is 2.41. The van der Waals surface area contributed by atoms with E-state index in [9.17, 15) is 0 Å². The largest absolute Gasteiger partial charge is 0.493 e. The van der Waals surface area contributed by atoms with Gasteiger partial charge >= 0.3 is 0 Å². The summed E-state index contributed by atoms with van der Waals surface area (Å²) in [5.41, 5.74) is 0.853. The topological polar surface area (TPSA) is 39.7 Å². The van der Waals surface area contributed by atoms with E-state index < -0.39 is 0 Å². The molecular weight excluding hydrogens is 242 g/mol. The van der Waals surface area contributed by atoms with Crippen LogP contribution in [0.1, 0.15) is 24.8 Å². The molecule has 1 saturated heterocycles. The van der Waals surface area contributed by atoms with Gasteiger partial charge in [-0.25, -0.2) is 0 Å². The molecule has 105 valence electrons. The van der Waals surface area contributed by atoms with Gasteiger partial charge in [-0.1, -0.05) is 0 Å². The van der Waals surface area contributed by atoms with Crippen molar-refractivity contribution < 1.29 is 14.2 Å². The van der Waals surface area contributed by atoms with Crippen molar-refractivity contribution >= 4 is 0 Å². The normalized spacial score (nSPS) is 18.4. The van der Waals surface area contributed by atoms with Crippen molar-refractivity contribution in [3.63, 3.8) is 0 Å². The fraction of sp³-hybridized carbons (Fsp3) is 0.533. The van der Waals surface area contributed by atoms with Crippen LogP contribution in [0.25, 0.3) is 0 Å². The van der Waals surface area contributed by atoms with Crippen LogP contribution in [0.5, 0.6) is 17.2 Å². The van der Waals surface area contributed by atoms with E-state index in [4.69, 9.17) is 14.2 Å². The van der Waals surface area contributed by atoms with Crippen molar-refractivity contribution in [3.8, 4) is 17.2 Å². The first-order valence-corrected chi connectivity index (χ1v) is 6.68. The van der Waals surface area contributed by atoms with Crippen molar-refractivity contribution in [1.29, 1.82) is 0 Å². The maximum Gasteiger partial charge on any atom is 0.203 e. The molecule has 1 heterocycles. The average molecular weight is 264 g/mol. The van der Waals surface area contributed by atoms with E-state index in [0.29, 0.717) is 29.9 Å². The minimum absolute atomic E-state index is 0.579. The summed E-state index contributed by atoms with van der Waals surface area (Å²) in [5, 5.41) is 3.46. The zero-order valence-corrected chi connectivity index (χ0v) is 11.7. The molecule has 0 spiro atoms. The molecule has 0 aromatic heterocycles. The third kappa shape index (κ3) is 3.53. The second kappa shape index (κ2) is 6.66. The van der Waals surface area contributed by atoms with E-state index in [2.05, 4.69) is 12.2 Å². The Bertz CT molecular complexity index is 414. The summed E-state index contributed by atoms with van der Waals surface area (Å²) < 4.78 is 16.5. The van der Waals surface area contributed by atoms with Crippen LogP contribution in [0.3, 0.4) is 0 Å². The highest BCUT2D eigenvalue weighted by Crippen LogP contribution is 2.38. The third-order valence-electron chi connectivity index (χ3n) is 3.39. The van der Waals surface area contributed by atoms with Crippen LogP contribution in [0, 0.1) is 6.92 Å². The van der Waals surface area contributed by atoms with E-state index in [1.807, 2.05) is 12.1 Å². The van der Waals surface area contributed by atoms with Crippen LogP contribution in [-0.4, -0.2) is 33.4 Å². The Morgan fingerprint density at radius 1 is 1.26 bits per heavy atom. The van der Waals surface area contributed by atoms with Crippen LogP contribution in [0.2, 0.25) is 0 Å². The van der Waals surface area contributed by atoms with E-state index in [1.54, 1.807) is 14.2 Å². The Hall–Kier alpha value is -1.42. The lowest BCUT2D eigenvalue weighted by molar-refractivity contribution is 0.268. The molecule has 1 N–H and O–H groups in total. The van der Waals surface area contributed by atoms with Gasteiger partial charge in [0.25, 0.3) is 0 Å². The Kier molecular flexibility index (Phi) is 4.91. The molecule has 1 fully saturated rings. The number of methoxy groups -OCH3 is 2. The number of ether oxygens (including phenoxy) is 3. The van der Waals surface area contributed by atoms with Crippen LogP contribution in [-0.2, 0) is 0 Å². The Morgan fingerprint density at radius 2 is 2.05 bits per heavy atom. The van der Waals surface area contributed by atoms with Gasteiger partial charge in [0.15, 0.2) is 11.5 Å². The van der Waals surface area contributed by atoms with Gasteiger partial charge in [-0.15, -0.1) is 0 Å². The first-order valence-electron chi connectivity index (χ1n) is 6.68. The monoisotopic (exact) mass is 264 g/mol. The second-order valence-corrected chi connectivity index (χ2v) is 4.76. The van der Waals surface area contributed by atoms with Gasteiger partial charge in [0.1, 0.15) is 0 Å². The summed E-state index contributed by atoms with van der Waals surface area (Å²) in [6.45, 7) is 5.71. The summed E-state index contributed by atoms with van der Waals surface area (Å²) in [6, 6.07) is 4.30. The number of hydrogen-bond donors (Lipinski definition) is 1. The maximum absolute atomic E-state index is 5.83. The number of nitrogens with one attached hydrogen (secondary N) is 1. The molecule has 1 radical (unpaired) electrons. The van der Waals surface area contributed by atoms with E-state index in [0.717, 1.165) is 18.5 Å². The standard InChI is InChI=1S/C15H22NO3/c1-11-9-13(17-2)15(18-3)14(10-11)19-8-6-12-5-4-7-16-12/h9-10,12,16H,1,4-8H2,2-3H3. The van der Waals surface area contributed by atoms with Gasteiger partial charge in [0.2, 0.25) is 5.75 Å². The molecule has 19 heavy (non-hydrogen) atoms. The van der Waals surface area contributed by atoms with Crippen molar-refractivity contribution in [3.05, 3.63) is 24.6 Å². The average Bonchev–Trinajstić information content (AvgIpc) is 2.91. The van der Waals surface area contributed by atoms with Gasteiger partial charge in [-0.2, -0.15) is 0 Å². The summed E-state index contributed by atoms with van der Waals surface area (Å²) in [7, 11) is 3.23. The Balaban J connectivity index is 1.99. The van der Waals surface area contributed by atoms with Gasteiger partial charge < -0.3 is 19.5 Å². The van der Waals surface area contributed by atoms with Crippen LogP contribution in [0.4, 0.5) is 0 Å². The minimum Gasteiger partial charge on any atom is -0.493 e. The minimum atomic E-state index is 0.579. The smallest absolute Gasteiger partial charge is 0.203 e. The first-order chi connectivity index (χ1) is 9.24. The molecule has 0 bridgehead atoms. The molecule has 4 heteroatoms. The SMILES string of the molecule is [CH2]c1cc(OC)c(OC)c(OCCC2CCCN2)c1. The number of rotatable bonds is 6. The number of hydrogen-bond acceptors (Lipinski definition) is 4. The molecule has 1 unspecified atom stereocenters. The molecule has 1 aromatic carbocycles. The highest BCUT2D eigenvalue weighted by atomic mass is 16.5. The molecule has 1 aliphatic rings. The fourth-order valence-electron chi connectivity index (χ4n) is 2.41. The van der Waals surface area contributed by atoms with Crippen LogP contribution >= 0.6 is 0 Å². The van der Waals surface area contributed by atoms with E-state index >= 15 is 0 Å². The summed E-state index contributed by atoms with van der Waals surface area (Å²) in [6.07, 6.45) is 3.50. The van der Waals surface area contributed by atoms with Crippen molar-refractivity contribution in [2.75, 3.05) is 27.4 Å². The zero-order chi connectivity index (χ0) is 13.7. The Labute approximate surface area is 115 Å². The summed E-state index contributed by atoms with van der Waals surface area (Å²) in [4.78, 5) is 0. The highest BCUT2D eigenvalue weighted by molar-refractivity contribution is 5.54. The first kappa shape index (κ1) is 14.0.